The SMILES string of the molecule is CCc1ccc([C@H]2CC[C@H](CC[C@H]3CC[C@H](C=CC=C(F)C#N)CC3)CC2)cc1. The molecule has 0 unspecified atom stereocenters. The lowest BCUT2D eigenvalue weighted by molar-refractivity contribution is 0.246. The average molecular weight is 394 g/mol. The third-order valence-corrected chi connectivity index (χ3v) is 7.31. The summed E-state index contributed by atoms with van der Waals surface area (Å²) in [5.41, 5.74) is 3.00. The zero-order valence-corrected chi connectivity index (χ0v) is 18.0. The first kappa shape index (κ1) is 21.8. The molecule has 2 heteroatoms. The summed E-state index contributed by atoms with van der Waals surface area (Å²) in [4.78, 5) is 0. The predicted molar refractivity (Wildman–Crippen MR) is 119 cm³/mol. The van der Waals surface area contributed by atoms with Crippen LogP contribution in [0, 0.1) is 29.1 Å². The van der Waals surface area contributed by atoms with Gasteiger partial charge in [0.2, 0.25) is 0 Å². The van der Waals surface area contributed by atoms with Crippen LogP contribution in [0.25, 0.3) is 0 Å². The summed E-state index contributed by atoms with van der Waals surface area (Å²) in [5.74, 6) is 2.44. The number of hydrogen-bond acceptors (Lipinski definition) is 1. The predicted octanol–water partition coefficient (Wildman–Crippen LogP) is 8.04. The summed E-state index contributed by atoms with van der Waals surface area (Å²) in [6.45, 7) is 2.22. The van der Waals surface area contributed by atoms with E-state index in [1.165, 1.54) is 81.9 Å². The van der Waals surface area contributed by atoms with Crippen molar-refractivity contribution in [2.75, 3.05) is 0 Å². The zero-order valence-electron chi connectivity index (χ0n) is 18.0. The lowest BCUT2D eigenvalue weighted by Crippen LogP contribution is -2.17. The van der Waals surface area contributed by atoms with Crippen LogP contribution in [0.5, 0.6) is 0 Å². The number of halogens is 1. The Labute approximate surface area is 176 Å². The lowest BCUT2D eigenvalue weighted by atomic mass is 9.74. The second-order valence-corrected chi connectivity index (χ2v) is 9.18. The van der Waals surface area contributed by atoms with Gasteiger partial charge in [0.25, 0.3) is 0 Å². The van der Waals surface area contributed by atoms with Crippen molar-refractivity contribution in [1.82, 2.24) is 0 Å². The second kappa shape index (κ2) is 11.3. The molecule has 2 saturated carbocycles. The van der Waals surface area contributed by atoms with E-state index in [9.17, 15) is 4.39 Å². The minimum Gasteiger partial charge on any atom is -0.195 e. The van der Waals surface area contributed by atoms with Crippen LogP contribution in [0.3, 0.4) is 0 Å². The summed E-state index contributed by atoms with van der Waals surface area (Å²) in [5, 5.41) is 8.44. The maximum Gasteiger partial charge on any atom is 0.199 e. The van der Waals surface area contributed by atoms with Crippen LogP contribution in [0.4, 0.5) is 4.39 Å². The van der Waals surface area contributed by atoms with Crippen molar-refractivity contribution < 1.29 is 4.39 Å². The van der Waals surface area contributed by atoms with E-state index in [2.05, 4.69) is 37.3 Å². The fourth-order valence-corrected chi connectivity index (χ4v) is 5.29. The Bertz CT molecular complexity index is 708. The van der Waals surface area contributed by atoms with Crippen molar-refractivity contribution in [3.05, 3.63) is 59.4 Å². The number of allylic oxidation sites excluding steroid dienone is 4. The van der Waals surface area contributed by atoms with Crippen LogP contribution >= 0.6 is 0 Å². The van der Waals surface area contributed by atoms with E-state index in [1.807, 2.05) is 0 Å². The second-order valence-electron chi connectivity index (χ2n) is 9.18. The number of nitriles is 1. The Balaban J connectivity index is 1.33. The van der Waals surface area contributed by atoms with Gasteiger partial charge in [0.1, 0.15) is 6.07 Å². The van der Waals surface area contributed by atoms with E-state index in [-0.39, 0.29) is 0 Å². The van der Waals surface area contributed by atoms with E-state index in [0.29, 0.717) is 5.92 Å². The molecule has 0 radical (unpaired) electrons. The quantitative estimate of drug-likeness (QED) is 0.339. The minimum atomic E-state index is -0.706. The minimum absolute atomic E-state index is 0.559. The molecule has 1 aromatic carbocycles. The number of benzene rings is 1. The molecule has 29 heavy (non-hydrogen) atoms. The molecule has 1 aromatic rings. The molecule has 0 bridgehead atoms. The van der Waals surface area contributed by atoms with E-state index in [0.717, 1.165) is 24.2 Å². The van der Waals surface area contributed by atoms with Crippen LogP contribution in [0.1, 0.15) is 88.2 Å². The highest BCUT2D eigenvalue weighted by Crippen LogP contribution is 2.40. The van der Waals surface area contributed by atoms with Crippen molar-refractivity contribution in [3.63, 3.8) is 0 Å². The van der Waals surface area contributed by atoms with Gasteiger partial charge >= 0.3 is 0 Å². The molecule has 0 amide bonds. The Morgan fingerprint density at radius 1 is 0.966 bits per heavy atom. The van der Waals surface area contributed by atoms with Crippen LogP contribution in [-0.2, 0) is 6.42 Å². The van der Waals surface area contributed by atoms with Gasteiger partial charge < -0.3 is 0 Å². The van der Waals surface area contributed by atoms with Crippen molar-refractivity contribution in [1.29, 1.82) is 5.26 Å². The molecular weight excluding hydrogens is 357 g/mol. The molecule has 1 nitrogen and oxygen atoms in total. The molecule has 0 atom stereocenters. The maximum absolute atomic E-state index is 12.8. The largest absolute Gasteiger partial charge is 0.199 e. The first-order valence-corrected chi connectivity index (χ1v) is 11.7. The fraction of sp³-hybridized carbons (Fsp3) is 0.593. The Morgan fingerprint density at radius 3 is 2.10 bits per heavy atom. The van der Waals surface area contributed by atoms with E-state index < -0.39 is 5.83 Å². The summed E-state index contributed by atoms with van der Waals surface area (Å²) >= 11 is 0. The summed E-state index contributed by atoms with van der Waals surface area (Å²) < 4.78 is 12.8. The van der Waals surface area contributed by atoms with Crippen LogP contribution in [0.15, 0.2) is 48.3 Å². The van der Waals surface area contributed by atoms with Gasteiger partial charge in [0.05, 0.1) is 0 Å². The standard InChI is InChI=1S/C27H36FN/c1-2-21-12-16-25(17-13-21)26-18-14-24(15-19-26)11-10-23-8-6-22(7-9-23)4-3-5-27(28)20-29/h3-5,12-13,16-17,22-24,26H,2,6-11,14-15,18-19H2,1H3/t22-,23-,24-,26-. The first-order chi connectivity index (χ1) is 14.2. The van der Waals surface area contributed by atoms with E-state index in [1.54, 1.807) is 11.6 Å². The highest BCUT2D eigenvalue weighted by molar-refractivity contribution is 5.25. The zero-order chi connectivity index (χ0) is 20.5. The number of rotatable bonds is 7. The molecule has 2 aliphatic carbocycles. The lowest BCUT2D eigenvalue weighted by Gasteiger charge is -2.31. The summed E-state index contributed by atoms with van der Waals surface area (Å²) in [6, 6.07) is 10.9. The third-order valence-electron chi connectivity index (χ3n) is 7.31. The molecule has 2 fully saturated rings. The average Bonchev–Trinajstić information content (AvgIpc) is 2.79. The molecule has 0 heterocycles. The first-order valence-electron chi connectivity index (χ1n) is 11.7. The van der Waals surface area contributed by atoms with Gasteiger partial charge in [-0.2, -0.15) is 9.65 Å². The highest BCUT2D eigenvalue weighted by atomic mass is 19.1. The van der Waals surface area contributed by atoms with Crippen molar-refractivity contribution in [2.45, 2.75) is 83.5 Å². The molecule has 3 rings (SSSR count). The molecule has 2 aliphatic rings. The van der Waals surface area contributed by atoms with E-state index in [4.69, 9.17) is 5.26 Å². The number of nitrogens with zero attached hydrogens (tertiary/aromatic N) is 1. The van der Waals surface area contributed by atoms with E-state index >= 15 is 0 Å². The normalized spacial score (nSPS) is 28.4. The Hall–Kier alpha value is -1.88. The fourth-order valence-electron chi connectivity index (χ4n) is 5.29. The van der Waals surface area contributed by atoms with Gasteiger partial charge in [-0.05, 0) is 98.7 Å². The highest BCUT2D eigenvalue weighted by Gasteiger charge is 2.24. The molecule has 0 aromatic heterocycles. The topological polar surface area (TPSA) is 23.8 Å². The van der Waals surface area contributed by atoms with Crippen LogP contribution in [-0.4, -0.2) is 0 Å². The van der Waals surface area contributed by atoms with Gasteiger partial charge in [-0.1, -0.05) is 56.2 Å². The maximum atomic E-state index is 12.8. The molecule has 0 saturated heterocycles. The number of aryl methyl sites for hydroxylation is 1. The van der Waals surface area contributed by atoms with Crippen LogP contribution < -0.4 is 0 Å². The molecular formula is C27H36FN. The molecule has 156 valence electrons. The van der Waals surface area contributed by atoms with Gasteiger partial charge in [-0.25, -0.2) is 0 Å². The molecule has 0 spiro atoms. The smallest absolute Gasteiger partial charge is 0.195 e. The monoisotopic (exact) mass is 393 g/mol. The van der Waals surface area contributed by atoms with Crippen molar-refractivity contribution >= 4 is 0 Å². The van der Waals surface area contributed by atoms with Gasteiger partial charge in [-0.3, -0.25) is 0 Å². The van der Waals surface area contributed by atoms with Crippen molar-refractivity contribution in [2.24, 2.45) is 17.8 Å². The van der Waals surface area contributed by atoms with Crippen LogP contribution in [0.2, 0.25) is 0 Å². The number of hydrogen-bond donors (Lipinski definition) is 0. The van der Waals surface area contributed by atoms with Gasteiger partial charge in [-0.15, -0.1) is 0 Å². The molecule has 0 N–H and O–H groups in total. The third kappa shape index (κ3) is 6.84. The molecule has 0 aliphatic heterocycles. The summed E-state index contributed by atoms with van der Waals surface area (Å²) in [6.07, 6.45) is 19.6. The Kier molecular flexibility index (Phi) is 8.53. The van der Waals surface area contributed by atoms with Gasteiger partial charge in [0.15, 0.2) is 5.83 Å². The summed E-state index contributed by atoms with van der Waals surface area (Å²) in [7, 11) is 0. The van der Waals surface area contributed by atoms with Crippen molar-refractivity contribution in [3.8, 4) is 6.07 Å². The Morgan fingerprint density at radius 2 is 1.55 bits per heavy atom. The van der Waals surface area contributed by atoms with Gasteiger partial charge in [0, 0.05) is 0 Å².